The SMILES string of the molecule is Cc1ccc(-c2nnc(S[C@H](C)c3nnc(C)o3)o2)c(C)c1. The zero-order valence-corrected chi connectivity index (χ0v) is 13.6. The number of thioether (sulfide) groups is 1. The first-order chi connectivity index (χ1) is 10.5. The molecule has 0 unspecified atom stereocenters. The van der Waals surface area contributed by atoms with Gasteiger partial charge in [-0.3, -0.25) is 0 Å². The van der Waals surface area contributed by atoms with Gasteiger partial charge in [-0.1, -0.05) is 29.5 Å². The maximum atomic E-state index is 5.74. The molecule has 3 rings (SSSR count). The standard InChI is InChI=1S/C15H16N4O2S/c1-8-5-6-12(9(2)7-8)14-18-19-15(21-14)22-10(3)13-17-16-11(4)20-13/h5-7,10H,1-4H3/t10-/m1/s1. The van der Waals surface area contributed by atoms with Crippen LogP contribution in [0, 0.1) is 20.8 Å². The van der Waals surface area contributed by atoms with Crippen LogP contribution in [0.5, 0.6) is 0 Å². The number of aryl methyl sites for hydroxylation is 3. The van der Waals surface area contributed by atoms with Crippen LogP contribution in [0.4, 0.5) is 0 Å². The minimum atomic E-state index is -0.0476. The van der Waals surface area contributed by atoms with E-state index >= 15 is 0 Å². The van der Waals surface area contributed by atoms with Crippen molar-refractivity contribution in [3.8, 4) is 11.5 Å². The molecule has 0 saturated carbocycles. The summed E-state index contributed by atoms with van der Waals surface area (Å²) in [6.07, 6.45) is 0. The Bertz CT molecular complexity index is 796. The van der Waals surface area contributed by atoms with Crippen molar-refractivity contribution in [1.29, 1.82) is 0 Å². The second kappa shape index (κ2) is 5.92. The van der Waals surface area contributed by atoms with Gasteiger partial charge in [-0.25, -0.2) is 0 Å². The molecule has 0 radical (unpaired) electrons. The highest BCUT2D eigenvalue weighted by Gasteiger charge is 2.19. The van der Waals surface area contributed by atoms with E-state index in [2.05, 4.69) is 33.4 Å². The number of hydrogen-bond acceptors (Lipinski definition) is 7. The van der Waals surface area contributed by atoms with Crippen LogP contribution >= 0.6 is 11.8 Å². The number of aromatic nitrogens is 4. The Kier molecular flexibility index (Phi) is 3.98. The third kappa shape index (κ3) is 3.04. The maximum absolute atomic E-state index is 5.74. The Balaban J connectivity index is 1.79. The Morgan fingerprint density at radius 3 is 2.50 bits per heavy atom. The quantitative estimate of drug-likeness (QED) is 0.675. The minimum absolute atomic E-state index is 0.0476. The van der Waals surface area contributed by atoms with Crippen LogP contribution in [-0.4, -0.2) is 20.4 Å². The van der Waals surface area contributed by atoms with Gasteiger partial charge in [-0.2, -0.15) is 0 Å². The molecule has 3 aromatic rings. The summed E-state index contributed by atoms with van der Waals surface area (Å²) in [7, 11) is 0. The molecule has 0 fully saturated rings. The summed E-state index contributed by atoms with van der Waals surface area (Å²) in [5.41, 5.74) is 3.27. The lowest BCUT2D eigenvalue weighted by atomic mass is 10.1. The third-order valence-corrected chi connectivity index (χ3v) is 4.11. The van der Waals surface area contributed by atoms with Crippen LogP contribution in [0.25, 0.3) is 11.5 Å². The lowest BCUT2D eigenvalue weighted by Gasteiger charge is -2.03. The molecular formula is C15H16N4O2S. The van der Waals surface area contributed by atoms with Crippen molar-refractivity contribution in [3.63, 3.8) is 0 Å². The van der Waals surface area contributed by atoms with Gasteiger partial charge in [-0.05, 0) is 32.4 Å². The number of hydrogen-bond donors (Lipinski definition) is 0. The lowest BCUT2D eigenvalue weighted by molar-refractivity contribution is 0.454. The second-order valence-electron chi connectivity index (χ2n) is 5.11. The number of nitrogens with zero attached hydrogens (tertiary/aromatic N) is 4. The summed E-state index contributed by atoms with van der Waals surface area (Å²) < 4.78 is 11.1. The van der Waals surface area contributed by atoms with Crippen molar-refractivity contribution in [2.24, 2.45) is 0 Å². The van der Waals surface area contributed by atoms with Crippen LogP contribution in [0.2, 0.25) is 0 Å². The van der Waals surface area contributed by atoms with Crippen molar-refractivity contribution in [2.75, 3.05) is 0 Å². The second-order valence-corrected chi connectivity index (χ2v) is 6.40. The van der Waals surface area contributed by atoms with E-state index in [1.54, 1.807) is 6.92 Å². The first-order valence-electron chi connectivity index (χ1n) is 6.90. The van der Waals surface area contributed by atoms with Gasteiger partial charge in [0.05, 0.1) is 5.25 Å². The molecule has 0 aliphatic heterocycles. The third-order valence-electron chi connectivity index (χ3n) is 3.19. The fourth-order valence-corrected chi connectivity index (χ4v) is 2.81. The molecule has 22 heavy (non-hydrogen) atoms. The summed E-state index contributed by atoms with van der Waals surface area (Å²) >= 11 is 1.40. The molecule has 0 aliphatic rings. The molecular weight excluding hydrogens is 300 g/mol. The largest absolute Gasteiger partial charge is 0.424 e. The number of rotatable bonds is 4. The molecule has 0 N–H and O–H groups in total. The molecule has 1 aromatic carbocycles. The highest BCUT2D eigenvalue weighted by molar-refractivity contribution is 7.99. The first kappa shape index (κ1) is 14.8. The Labute approximate surface area is 132 Å². The topological polar surface area (TPSA) is 77.8 Å². The van der Waals surface area contributed by atoms with Crippen molar-refractivity contribution < 1.29 is 8.83 Å². The lowest BCUT2D eigenvalue weighted by Crippen LogP contribution is -1.88. The van der Waals surface area contributed by atoms with E-state index in [9.17, 15) is 0 Å². The van der Waals surface area contributed by atoms with Crippen LogP contribution in [-0.2, 0) is 0 Å². The van der Waals surface area contributed by atoms with E-state index in [1.165, 1.54) is 17.3 Å². The van der Waals surface area contributed by atoms with Gasteiger partial charge in [-0.15, -0.1) is 20.4 Å². The van der Waals surface area contributed by atoms with Crippen LogP contribution in [0.3, 0.4) is 0 Å². The van der Waals surface area contributed by atoms with Crippen LogP contribution in [0.15, 0.2) is 32.3 Å². The highest BCUT2D eigenvalue weighted by Crippen LogP contribution is 2.34. The van der Waals surface area contributed by atoms with Gasteiger partial charge >= 0.3 is 0 Å². The molecule has 6 nitrogen and oxygen atoms in total. The highest BCUT2D eigenvalue weighted by atomic mass is 32.2. The molecule has 0 aliphatic carbocycles. The number of benzene rings is 1. The van der Waals surface area contributed by atoms with Crippen molar-refractivity contribution >= 4 is 11.8 Å². The van der Waals surface area contributed by atoms with Crippen LogP contribution in [0.1, 0.15) is 35.1 Å². The van der Waals surface area contributed by atoms with E-state index in [0.717, 1.165) is 11.1 Å². The van der Waals surface area contributed by atoms with E-state index < -0.39 is 0 Å². The summed E-state index contributed by atoms with van der Waals surface area (Å²) in [5.74, 6) is 1.62. The summed E-state index contributed by atoms with van der Waals surface area (Å²) in [6.45, 7) is 7.81. The van der Waals surface area contributed by atoms with Crippen molar-refractivity contribution in [3.05, 3.63) is 41.1 Å². The zero-order valence-electron chi connectivity index (χ0n) is 12.8. The fraction of sp³-hybridized carbons (Fsp3) is 0.333. The normalized spacial score (nSPS) is 12.5. The Hall–Kier alpha value is -2.15. The Morgan fingerprint density at radius 1 is 1.00 bits per heavy atom. The van der Waals surface area contributed by atoms with Gasteiger partial charge in [0.2, 0.25) is 17.7 Å². The monoisotopic (exact) mass is 316 g/mol. The molecule has 2 heterocycles. The van der Waals surface area contributed by atoms with Crippen molar-refractivity contribution in [2.45, 2.75) is 38.2 Å². The molecule has 0 amide bonds. The molecule has 0 saturated heterocycles. The van der Waals surface area contributed by atoms with Crippen LogP contribution < -0.4 is 0 Å². The first-order valence-corrected chi connectivity index (χ1v) is 7.78. The maximum Gasteiger partial charge on any atom is 0.277 e. The molecule has 2 aromatic heterocycles. The van der Waals surface area contributed by atoms with E-state index in [0.29, 0.717) is 22.9 Å². The predicted molar refractivity (Wildman–Crippen MR) is 82.5 cm³/mol. The summed E-state index contributed by atoms with van der Waals surface area (Å²) in [4.78, 5) is 0. The average molecular weight is 316 g/mol. The summed E-state index contributed by atoms with van der Waals surface area (Å²) in [5, 5.41) is 16.5. The Morgan fingerprint density at radius 2 is 1.82 bits per heavy atom. The molecule has 0 spiro atoms. The van der Waals surface area contributed by atoms with Gasteiger partial charge in [0.15, 0.2) is 0 Å². The summed E-state index contributed by atoms with van der Waals surface area (Å²) in [6, 6.07) is 6.12. The van der Waals surface area contributed by atoms with E-state index in [4.69, 9.17) is 8.83 Å². The van der Waals surface area contributed by atoms with E-state index in [1.807, 2.05) is 26.0 Å². The predicted octanol–water partition coefficient (Wildman–Crippen LogP) is 3.90. The van der Waals surface area contributed by atoms with Gasteiger partial charge < -0.3 is 8.83 Å². The van der Waals surface area contributed by atoms with Gasteiger partial charge in [0.25, 0.3) is 5.22 Å². The van der Waals surface area contributed by atoms with Gasteiger partial charge in [0.1, 0.15) is 0 Å². The fourth-order valence-electron chi connectivity index (χ4n) is 2.10. The van der Waals surface area contributed by atoms with Gasteiger partial charge in [0, 0.05) is 12.5 Å². The minimum Gasteiger partial charge on any atom is -0.424 e. The zero-order chi connectivity index (χ0) is 15.7. The molecule has 1 atom stereocenters. The van der Waals surface area contributed by atoms with Crippen molar-refractivity contribution in [1.82, 2.24) is 20.4 Å². The molecule has 114 valence electrons. The van der Waals surface area contributed by atoms with E-state index in [-0.39, 0.29) is 5.25 Å². The average Bonchev–Trinajstić information content (AvgIpc) is 3.08. The smallest absolute Gasteiger partial charge is 0.277 e. The molecule has 0 bridgehead atoms. The molecule has 7 heteroatoms.